The molecular weight excluding hydrogens is 109 g/mol. The number of hydrogen-bond donors (Lipinski definition) is 0. The Morgan fingerprint density at radius 2 is 1.86 bits per heavy atom. The lowest BCUT2D eigenvalue weighted by molar-refractivity contribution is 0.511. The third kappa shape index (κ3) is 1.22. The Labute approximate surface area is 44.8 Å². The highest BCUT2D eigenvalue weighted by atomic mass is 31.1. The third-order valence-electron chi connectivity index (χ3n) is 1.24. The molecule has 1 saturated heterocycles. The summed E-state index contributed by atoms with van der Waals surface area (Å²) in [5.41, 5.74) is 0. The van der Waals surface area contributed by atoms with E-state index >= 15 is 0 Å². The van der Waals surface area contributed by atoms with E-state index < -0.39 is 0 Å². The van der Waals surface area contributed by atoms with Gasteiger partial charge in [0.2, 0.25) is 0 Å². The molecule has 0 bridgehead atoms. The molecule has 0 aromatic heterocycles. The molecule has 3 heteroatoms. The quantitative estimate of drug-likeness (QED) is 0.479. The first kappa shape index (κ1) is 5.20. The lowest BCUT2D eigenvalue weighted by Gasteiger charge is -1.99. The Bertz CT molecular complexity index is 70.1. The van der Waals surface area contributed by atoms with E-state index in [1.807, 2.05) is 4.67 Å². The highest BCUT2D eigenvalue weighted by Gasteiger charge is 2.07. The predicted octanol–water partition coefficient (Wildman–Crippen LogP) is 1.02. The smallest absolute Gasteiger partial charge is 0.134 e. The Morgan fingerprint density at radius 3 is 2.14 bits per heavy atom. The van der Waals surface area contributed by atoms with Crippen molar-refractivity contribution < 1.29 is 4.57 Å². The number of nitrogens with zero attached hydrogens (tertiary/aromatic N) is 1. The van der Waals surface area contributed by atoms with Crippen molar-refractivity contribution >= 4 is 8.61 Å². The highest BCUT2D eigenvalue weighted by Crippen LogP contribution is 2.14. The van der Waals surface area contributed by atoms with Crippen molar-refractivity contribution in [3.63, 3.8) is 0 Å². The molecule has 0 saturated carbocycles. The fourth-order valence-electron chi connectivity index (χ4n) is 0.808. The number of rotatable bonds is 1. The van der Waals surface area contributed by atoms with Gasteiger partial charge >= 0.3 is 0 Å². The average molecular weight is 118 g/mol. The van der Waals surface area contributed by atoms with Gasteiger partial charge in [0.05, 0.1) is 0 Å². The summed E-state index contributed by atoms with van der Waals surface area (Å²) in [6.07, 6.45) is 2.46. The molecule has 1 fully saturated rings. The maximum atomic E-state index is 10.1. The molecule has 41 valence electrons. The molecule has 0 aromatic rings. The van der Waals surface area contributed by atoms with Gasteiger partial charge in [-0.1, -0.05) is 0 Å². The van der Waals surface area contributed by atoms with Crippen molar-refractivity contribution in [3.8, 4) is 0 Å². The lowest BCUT2D eigenvalue weighted by atomic mass is 10.4. The van der Waals surface area contributed by atoms with E-state index in [-0.39, 0.29) is 8.61 Å². The molecule has 1 radical (unpaired) electrons. The molecule has 1 heterocycles. The number of hydrogen-bond acceptors (Lipinski definition) is 1. The Kier molecular flexibility index (Phi) is 1.77. The molecule has 0 amide bonds. The fourth-order valence-corrected chi connectivity index (χ4v) is 1.31. The summed E-state index contributed by atoms with van der Waals surface area (Å²) in [4.78, 5) is 0. The van der Waals surface area contributed by atoms with E-state index in [1.54, 1.807) is 0 Å². The molecule has 0 aromatic carbocycles. The SMILES string of the molecule is O=[PH]N1CCCC1. The van der Waals surface area contributed by atoms with Crippen LogP contribution in [0.3, 0.4) is 0 Å². The zero-order valence-corrected chi connectivity index (χ0v) is 5.18. The van der Waals surface area contributed by atoms with Crippen molar-refractivity contribution in [2.45, 2.75) is 12.8 Å². The van der Waals surface area contributed by atoms with Crippen LogP contribution in [0.2, 0.25) is 0 Å². The molecule has 1 unspecified atom stereocenters. The van der Waals surface area contributed by atoms with Gasteiger partial charge in [-0.05, 0) is 12.8 Å². The molecule has 0 spiro atoms. The Balaban J connectivity index is 2.26. The monoisotopic (exact) mass is 118 g/mol. The first-order valence-corrected chi connectivity index (χ1v) is 3.42. The maximum Gasteiger partial charge on any atom is 0.134 e. The average Bonchev–Trinajstić information content (AvgIpc) is 2.14. The summed E-state index contributed by atoms with van der Waals surface area (Å²) in [5.74, 6) is 0. The van der Waals surface area contributed by atoms with Gasteiger partial charge in [-0.2, -0.15) is 0 Å². The van der Waals surface area contributed by atoms with Gasteiger partial charge < -0.3 is 0 Å². The summed E-state index contributed by atoms with van der Waals surface area (Å²) >= 11 is 0. The van der Waals surface area contributed by atoms with E-state index in [1.165, 1.54) is 12.8 Å². The zero-order valence-electron chi connectivity index (χ0n) is 4.18. The van der Waals surface area contributed by atoms with Crippen LogP contribution >= 0.6 is 8.61 Å². The minimum Gasteiger partial charge on any atom is -0.273 e. The van der Waals surface area contributed by atoms with Crippen molar-refractivity contribution in [1.82, 2.24) is 4.67 Å². The largest absolute Gasteiger partial charge is 0.273 e. The zero-order chi connectivity index (χ0) is 5.11. The third-order valence-corrected chi connectivity index (χ3v) is 1.94. The van der Waals surface area contributed by atoms with Gasteiger partial charge in [0.15, 0.2) is 0 Å². The second kappa shape index (κ2) is 2.39. The minimum atomic E-state index is -0.205. The summed E-state index contributed by atoms with van der Waals surface area (Å²) in [7, 11) is -0.205. The summed E-state index contributed by atoms with van der Waals surface area (Å²) in [6.45, 7) is 2.09. The van der Waals surface area contributed by atoms with E-state index in [0.717, 1.165) is 13.1 Å². The maximum absolute atomic E-state index is 10.1. The van der Waals surface area contributed by atoms with Crippen molar-refractivity contribution in [1.29, 1.82) is 0 Å². The molecule has 1 atom stereocenters. The fraction of sp³-hybridized carbons (Fsp3) is 1.00. The van der Waals surface area contributed by atoms with E-state index in [9.17, 15) is 4.57 Å². The van der Waals surface area contributed by atoms with Crippen molar-refractivity contribution in [2.24, 2.45) is 0 Å². The van der Waals surface area contributed by atoms with Crippen LogP contribution in [0.4, 0.5) is 0 Å². The van der Waals surface area contributed by atoms with Crippen LogP contribution in [-0.4, -0.2) is 17.8 Å². The first-order valence-electron chi connectivity index (χ1n) is 2.56. The summed E-state index contributed by atoms with van der Waals surface area (Å²) in [5, 5.41) is 0. The van der Waals surface area contributed by atoms with Gasteiger partial charge in [0.1, 0.15) is 8.61 Å². The van der Waals surface area contributed by atoms with Crippen LogP contribution in [0.5, 0.6) is 0 Å². The second-order valence-electron chi connectivity index (χ2n) is 1.79. The highest BCUT2D eigenvalue weighted by molar-refractivity contribution is 7.20. The van der Waals surface area contributed by atoms with Crippen LogP contribution < -0.4 is 0 Å². The van der Waals surface area contributed by atoms with E-state index in [2.05, 4.69) is 0 Å². The molecule has 1 rings (SSSR count). The molecule has 2 nitrogen and oxygen atoms in total. The molecule has 7 heavy (non-hydrogen) atoms. The van der Waals surface area contributed by atoms with Crippen LogP contribution in [0.1, 0.15) is 12.8 Å². The standard InChI is InChI=1S/C4H9NOP/c6-7-5-3-1-2-4-5/h7H,1-4H2. The Hall–Kier alpha value is 0.0600. The van der Waals surface area contributed by atoms with Gasteiger partial charge in [0.25, 0.3) is 0 Å². The van der Waals surface area contributed by atoms with Crippen LogP contribution in [0, 0.1) is 0 Å². The normalized spacial score (nSPS) is 24.0. The van der Waals surface area contributed by atoms with E-state index in [4.69, 9.17) is 0 Å². The molecule has 1 aliphatic rings. The molecule has 0 aliphatic carbocycles. The van der Waals surface area contributed by atoms with E-state index in [0.29, 0.717) is 0 Å². The van der Waals surface area contributed by atoms with Gasteiger partial charge in [-0.15, -0.1) is 0 Å². The van der Waals surface area contributed by atoms with Crippen LogP contribution in [0.15, 0.2) is 0 Å². The van der Waals surface area contributed by atoms with Gasteiger partial charge in [-0.25, -0.2) is 4.67 Å². The van der Waals surface area contributed by atoms with Crippen molar-refractivity contribution in [2.75, 3.05) is 13.1 Å². The molecule has 0 N–H and O–H groups in total. The summed E-state index contributed by atoms with van der Waals surface area (Å²) in [6, 6.07) is 0. The van der Waals surface area contributed by atoms with Crippen LogP contribution in [0.25, 0.3) is 0 Å². The first-order chi connectivity index (χ1) is 3.43. The van der Waals surface area contributed by atoms with Crippen LogP contribution in [-0.2, 0) is 4.57 Å². The molecular formula is C4H9NOP. The Morgan fingerprint density at radius 1 is 1.29 bits per heavy atom. The van der Waals surface area contributed by atoms with Gasteiger partial charge in [0, 0.05) is 13.1 Å². The summed E-state index contributed by atoms with van der Waals surface area (Å²) < 4.78 is 12.0. The molecule has 1 aliphatic heterocycles. The lowest BCUT2D eigenvalue weighted by Crippen LogP contribution is -2.03. The minimum absolute atomic E-state index is 0.205. The second-order valence-corrected chi connectivity index (χ2v) is 2.60. The predicted molar refractivity (Wildman–Crippen MR) is 29.8 cm³/mol. The van der Waals surface area contributed by atoms with Crippen molar-refractivity contribution in [3.05, 3.63) is 0 Å². The topological polar surface area (TPSA) is 20.3 Å². The van der Waals surface area contributed by atoms with Gasteiger partial charge in [-0.3, -0.25) is 4.57 Å².